The number of allylic oxidation sites excluding steroid dienone is 2. The third-order valence-corrected chi connectivity index (χ3v) is 1.91. The Balaban J connectivity index is 4.57. The molecule has 11 heavy (non-hydrogen) atoms. The SMILES string of the molecule is C/C=C(/C(C)Br)C(C#N)C#N. The summed E-state index contributed by atoms with van der Waals surface area (Å²) >= 11 is 3.31. The minimum Gasteiger partial charge on any atom is -0.197 e. The van der Waals surface area contributed by atoms with Gasteiger partial charge in [-0.15, -0.1) is 0 Å². The first-order valence-corrected chi connectivity index (χ1v) is 4.18. The van der Waals surface area contributed by atoms with Crippen molar-refractivity contribution in [2.45, 2.75) is 18.7 Å². The maximum Gasteiger partial charge on any atom is 0.155 e. The highest BCUT2D eigenvalue weighted by Crippen LogP contribution is 2.19. The van der Waals surface area contributed by atoms with Crippen LogP contribution in [-0.4, -0.2) is 4.83 Å². The molecule has 0 aliphatic rings. The van der Waals surface area contributed by atoms with Crippen LogP contribution in [0.25, 0.3) is 0 Å². The van der Waals surface area contributed by atoms with Crippen molar-refractivity contribution in [2.75, 3.05) is 0 Å². The Bertz CT molecular complexity index is 215. The van der Waals surface area contributed by atoms with Crippen molar-refractivity contribution in [1.82, 2.24) is 0 Å². The summed E-state index contributed by atoms with van der Waals surface area (Å²) in [7, 11) is 0. The van der Waals surface area contributed by atoms with Gasteiger partial charge in [0.15, 0.2) is 5.92 Å². The van der Waals surface area contributed by atoms with Crippen LogP contribution in [0.5, 0.6) is 0 Å². The Hall–Kier alpha value is -0.800. The molecular weight excluding hydrogens is 204 g/mol. The molecular formula is C8H9BrN2. The zero-order valence-corrected chi connectivity index (χ0v) is 8.09. The van der Waals surface area contributed by atoms with Gasteiger partial charge in [0.1, 0.15) is 0 Å². The van der Waals surface area contributed by atoms with E-state index in [0.717, 1.165) is 5.57 Å². The van der Waals surface area contributed by atoms with Gasteiger partial charge in [-0.2, -0.15) is 10.5 Å². The third-order valence-electron chi connectivity index (χ3n) is 1.38. The summed E-state index contributed by atoms with van der Waals surface area (Å²) in [5, 5.41) is 17.1. The summed E-state index contributed by atoms with van der Waals surface area (Å²) in [6.45, 7) is 3.73. The van der Waals surface area contributed by atoms with Gasteiger partial charge in [-0.3, -0.25) is 0 Å². The number of halogens is 1. The number of hydrogen-bond donors (Lipinski definition) is 0. The summed E-state index contributed by atoms with van der Waals surface area (Å²) in [6.07, 6.45) is 1.80. The van der Waals surface area contributed by atoms with Crippen molar-refractivity contribution in [1.29, 1.82) is 10.5 Å². The lowest BCUT2D eigenvalue weighted by molar-refractivity contribution is 0.925. The van der Waals surface area contributed by atoms with Gasteiger partial charge in [-0.05, 0) is 19.4 Å². The van der Waals surface area contributed by atoms with Crippen molar-refractivity contribution >= 4 is 15.9 Å². The van der Waals surface area contributed by atoms with E-state index in [4.69, 9.17) is 10.5 Å². The fraction of sp³-hybridized carbons (Fsp3) is 0.500. The van der Waals surface area contributed by atoms with E-state index in [1.165, 1.54) is 0 Å². The second-order valence-electron chi connectivity index (χ2n) is 2.10. The van der Waals surface area contributed by atoms with Gasteiger partial charge < -0.3 is 0 Å². The average molecular weight is 213 g/mol. The van der Waals surface area contributed by atoms with Gasteiger partial charge >= 0.3 is 0 Å². The molecule has 0 bridgehead atoms. The van der Waals surface area contributed by atoms with E-state index in [0.29, 0.717) is 0 Å². The van der Waals surface area contributed by atoms with Crippen molar-refractivity contribution in [2.24, 2.45) is 5.92 Å². The summed E-state index contributed by atoms with van der Waals surface area (Å²) in [4.78, 5) is 0.0943. The predicted octanol–water partition coefficient (Wildman–Crippen LogP) is 2.38. The molecule has 1 unspecified atom stereocenters. The number of nitriles is 2. The minimum atomic E-state index is -0.616. The quantitative estimate of drug-likeness (QED) is 0.522. The lowest BCUT2D eigenvalue weighted by Gasteiger charge is -2.08. The highest BCUT2D eigenvalue weighted by molar-refractivity contribution is 9.09. The summed E-state index contributed by atoms with van der Waals surface area (Å²) in [6, 6.07) is 3.85. The van der Waals surface area contributed by atoms with Crippen molar-refractivity contribution in [3.63, 3.8) is 0 Å². The normalized spacial score (nSPS) is 13.8. The van der Waals surface area contributed by atoms with Crippen molar-refractivity contribution in [3.8, 4) is 12.1 Å². The topological polar surface area (TPSA) is 47.6 Å². The Morgan fingerprint density at radius 1 is 1.45 bits per heavy atom. The van der Waals surface area contributed by atoms with Crippen LogP contribution in [0.15, 0.2) is 11.6 Å². The van der Waals surface area contributed by atoms with Crippen LogP contribution < -0.4 is 0 Å². The Labute approximate surface area is 75.3 Å². The number of alkyl halides is 1. The first-order chi connectivity index (χ1) is 5.17. The maximum absolute atomic E-state index is 8.54. The fourth-order valence-corrected chi connectivity index (χ4v) is 1.33. The largest absolute Gasteiger partial charge is 0.197 e. The predicted molar refractivity (Wildman–Crippen MR) is 46.9 cm³/mol. The van der Waals surface area contributed by atoms with Crippen molar-refractivity contribution < 1.29 is 0 Å². The maximum atomic E-state index is 8.54. The molecule has 0 saturated heterocycles. The standard InChI is InChI=1S/C8H9BrN2/c1-3-8(6(2)9)7(4-10)5-11/h3,6-7H,1-2H3/b8-3-. The molecule has 1 atom stereocenters. The highest BCUT2D eigenvalue weighted by atomic mass is 79.9. The van der Waals surface area contributed by atoms with Crippen LogP contribution in [0.4, 0.5) is 0 Å². The van der Waals surface area contributed by atoms with Crippen LogP contribution in [0.2, 0.25) is 0 Å². The highest BCUT2D eigenvalue weighted by Gasteiger charge is 2.15. The van der Waals surface area contributed by atoms with Crippen LogP contribution in [-0.2, 0) is 0 Å². The molecule has 0 radical (unpaired) electrons. The molecule has 0 fully saturated rings. The summed E-state index contributed by atoms with van der Waals surface area (Å²) < 4.78 is 0. The zero-order valence-electron chi connectivity index (χ0n) is 6.50. The smallest absolute Gasteiger partial charge is 0.155 e. The molecule has 0 aliphatic carbocycles. The number of nitrogens with zero attached hydrogens (tertiary/aromatic N) is 2. The van der Waals surface area contributed by atoms with Crippen LogP contribution >= 0.6 is 15.9 Å². The van der Waals surface area contributed by atoms with E-state index in [9.17, 15) is 0 Å². The van der Waals surface area contributed by atoms with E-state index in [-0.39, 0.29) is 4.83 Å². The molecule has 0 rings (SSSR count). The van der Waals surface area contributed by atoms with E-state index in [2.05, 4.69) is 15.9 Å². The molecule has 0 N–H and O–H groups in total. The van der Waals surface area contributed by atoms with Crippen molar-refractivity contribution in [3.05, 3.63) is 11.6 Å². The van der Waals surface area contributed by atoms with Gasteiger partial charge in [0.05, 0.1) is 12.1 Å². The van der Waals surface area contributed by atoms with Gasteiger partial charge in [0, 0.05) is 4.83 Å². The fourth-order valence-electron chi connectivity index (χ4n) is 0.804. The molecule has 0 saturated carbocycles. The Morgan fingerprint density at radius 2 is 1.91 bits per heavy atom. The molecule has 2 nitrogen and oxygen atoms in total. The Kier molecular flexibility index (Phi) is 4.57. The van der Waals surface area contributed by atoms with Gasteiger partial charge in [-0.1, -0.05) is 22.0 Å². The number of rotatable bonds is 2. The molecule has 0 aromatic rings. The molecule has 3 heteroatoms. The lowest BCUT2D eigenvalue weighted by atomic mass is 10.00. The van der Waals surface area contributed by atoms with E-state index >= 15 is 0 Å². The molecule has 0 aliphatic heterocycles. The molecule has 0 spiro atoms. The molecule has 58 valence electrons. The van der Waals surface area contributed by atoms with Gasteiger partial charge in [-0.25, -0.2) is 0 Å². The van der Waals surface area contributed by atoms with Crippen LogP contribution in [0, 0.1) is 28.6 Å². The van der Waals surface area contributed by atoms with E-state index in [1.54, 1.807) is 6.08 Å². The van der Waals surface area contributed by atoms with Crippen LogP contribution in [0.1, 0.15) is 13.8 Å². The van der Waals surface area contributed by atoms with Gasteiger partial charge in [0.25, 0.3) is 0 Å². The lowest BCUT2D eigenvalue weighted by Crippen LogP contribution is -2.06. The first kappa shape index (κ1) is 10.2. The van der Waals surface area contributed by atoms with Crippen LogP contribution in [0.3, 0.4) is 0 Å². The summed E-state index contributed by atoms with van der Waals surface area (Å²) in [5.74, 6) is -0.616. The first-order valence-electron chi connectivity index (χ1n) is 3.26. The zero-order chi connectivity index (χ0) is 8.85. The van der Waals surface area contributed by atoms with E-state index in [1.807, 2.05) is 26.0 Å². The minimum absolute atomic E-state index is 0.0943. The molecule has 0 aromatic heterocycles. The molecule has 0 heterocycles. The summed E-state index contributed by atoms with van der Waals surface area (Å²) in [5.41, 5.74) is 0.829. The Morgan fingerprint density at radius 3 is 2.00 bits per heavy atom. The monoisotopic (exact) mass is 212 g/mol. The molecule has 0 amide bonds. The number of hydrogen-bond acceptors (Lipinski definition) is 2. The second-order valence-corrected chi connectivity index (χ2v) is 3.47. The third kappa shape index (κ3) is 2.74. The van der Waals surface area contributed by atoms with Gasteiger partial charge in [0.2, 0.25) is 0 Å². The average Bonchev–Trinajstić information content (AvgIpc) is 1.99. The second kappa shape index (κ2) is 4.93. The van der Waals surface area contributed by atoms with E-state index < -0.39 is 5.92 Å². The molecule has 0 aromatic carbocycles.